The highest BCUT2D eigenvalue weighted by Crippen LogP contribution is 2.31. The first kappa shape index (κ1) is 20.0. The largest absolute Gasteiger partial charge is 0.296 e. The smallest absolute Gasteiger partial charge is 0.278 e. The number of hydrogen-bond donors (Lipinski definition) is 1. The van der Waals surface area contributed by atoms with Gasteiger partial charge in [-0.1, -0.05) is 55.8 Å². The van der Waals surface area contributed by atoms with Gasteiger partial charge >= 0.3 is 0 Å². The molecule has 0 atom stereocenters. The van der Waals surface area contributed by atoms with E-state index in [1.165, 1.54) is 21.6 Å². The van der Waals surface area contributed by atoms with Crippen LogP contribution >= 0.6 is 11.3 Å². The van der Waals surface area contributed by atoms with Crippen molar-refractivity contribution in [2.45, 2.75) is 26.7 Å². The zero-order valence-corrected chi connectivity index (χ0v) is 17.9. The van der Waals surface area contributed by atoms with Gasteiger partial charge in [-0.05, 0) is 25.0 Å². The fourth-order valence-corrected chi connectivity index (χ4v) is 4.29. The number of nitrogens with one attached hydrogen (secondary N) is 1. The average molecular weight is 419 g/mol. The van der Waals surface area contributed by atoms with Gasteiger partial charge in [0.15, 0.2) is 10.8 Å². The van der Waals surface area contributed by atoms with Crippen molar-refractivity contribution < 1.29 is 4.79 Å². The summed E-state index contributed by atoms with van der Waals surface area (Å²) in [7, 11) is 1.54. The summed E-state index contributed by atoms with van der Waals surface area (Å²) in [5.74, 6) is -0.389. The fourth-order valence-electron chi connectivity index (χ4n) is 3.46. The number of fused-ring (bicyclic) bond motifs is 1. The molecule has 0 unspecified atom stereocenters. The number of carbonyl (C=O) groups is 1. The maximum atomic E-state index is 12.9. The molecule has 0 saturated heterocycles. The van der Waals surface area contributed by atoms with Gasteiger partial charge in [0.25, 0.3) is 11.5 Å². The molecule has 0 aliphatic carbocycles. The predicted octanol–water partition coefficient (Wildman–Crippen LogP) is 4.57. The predicted molar refractivity (Wildman–Crippen MR) is 121 cm³/mol. The monoisotopic (exact) mass is 418 g/mol. The van der Waals surface area contributed by atoms with Gasteiger partial charge in [0.05, 0.1) is 11.1 Å². The maximum absolute atomic E-state index is 12.9. The Morgan fingerprint density at radius 2 is 1.80 bits per heavy atom. The Labute approximate surface area is 178 Å². The van der Waals surface area contributed by atoms with E-state index in [9.17, 15) is 9.59 Å². The van der Waals surface area contributed by atoms with Crippen molar-refractivity contribution in [2.75, 3.05) is 5.32 Å². The van der Waals surface area contributed by atoms with Crippen molar-refractivity contribution in [3.8, 4) is 11.3 Å². The molecule has 6 nitrogen and oxygen atoms in total. The number of benzene rings is 2. The fraction of sp³-hybridized carbons (Fsp3) is 0.217. The molecule has 152 valence electrons. The van der Waals surface area contributed by atoms with Crippen LogP contribution in [0.2, 0.25) is 0 Å². The molecule has 1 N–H and O–H groups in total. The van der Waals surface area contributed by atoms with E-state index >= 15 is 0 Å². The van der Waals surface area contributed by atoms with Crippen LogP contribution in [0, 0.1) is 6.92 Å². The quantitative estimate of drug-likeness (QED) is 0.515. The highest BCUT2D eigenvalue weighted by molar-refractivity contribution is 7.16. The number of aryl methyl sites for hydroxylation is 3. The number of amides is 1. The number of carbonyl (C=O) groups excluding carboxylic acids is 1. The second kappa shape index (κ2) is 8.20. The molecule has 7 heteroatoms. The van der Waals surface area contributed by atoms with Gasteiger partial charge in [-0.2, -0.15) is 5.10 Å². The molecular formula is C23H22N4O2S. The van der Waals surface area contributed by atoms with E-state index in [4.69, 9.17) is 0 Å². The van der Waals surface area contributed by atoms with E-state index < -0.39 is 0 Å². The van der Waals surface area contributed by atoms with Crippen LogP contribution in [-0.4, -0.2) is 20.7 Å². The zero-order chi connectivity index (χ0) is 21.3. The third-order valence-electron chi connectivity index (χ3n) is 4.95. The topological polar surface area (TPSA) is 76.9 Å². The first-order valence-electron chi connectivity index (χ1n) is 9.82. The molecule has 1 amide bonds. The molecule has 0 fully saturated rings. The number of nitrogens with zero attached hydrogens (tertiary/aromatic N) is 3. The summed E-state index contributed by atoms with van der Waals surface area (Å²) in [6, 6.07) is 15.4. The average Bonchev–Trinajstić information content (AvgIpc) is 3.11. The standard InChI is InChI=1S/C23H22N4O2S/c1-4-7-15-10-12-16(13-11-15)19-14(2)30-23(24-19)25-21(28)20-17-8-5-6-9-18(17)22(29)27(3)26-20/h5-6,8-13H,4,7H2,1-3H3,(H,24,25,28). The third kappa shape index (κ3) is 3.76. The Morgan fingerprint density at radius 1 is 1.10 bits per heavy atom. The minimum absolute atomic E-state index is 0.200. The summed E-state index contributed by atoms with van der Waals surface area (Å²) in [6.07, 6.45) is 2.16. The Morgan fingerprint density at radius 3 is 2.50 bits per heavy atom. The molecule has 2 heterocycles. The van der Waals surface area contributed by atoms with Crippen molar-refractivity contribution in [3.63, 3.8) is 0 Å². The summed E-state index contributed by atoms with van der Waals surface area (Å²) in [5.41, 5.74) is 3.15. The van der Waals surface area contributed by atoms with Gasteiger partial charge in [0, 0.05) is 22.9 Å². The molecule has 0 aliphatic heterocycles. The number of anilines is 1. The van der Waals surface area contributed by atoms with Crippen LogP contribution in [0.4, 0.5) is 5.13 Å². The molecule has 0 aliphatic rings. The molecule has 30 heavy (non-hydrogen) atoms. The van der Waals surface area contributed by atoms with E-state index in [0.29, 0.717) is 15.9 Å². The van der Waals surface area contributed by atoms with Gasteiger partial charge in [-0.25, -0.2) is 9.67 Å². The summed E-state index contributed by atoms with van der Waals surface area (Å²) in [4.78, 5) is 30.9. The Kier molecular flexibility index (Phi) is 5.46. The van der Waals surface area contributed by atoms with Gasteiger partial charge in [0.1, 0.15) is 0 Å². The number of aromatic nitrogens is 3. The lowest BCUT2D eigenvalue weighted by Gasteiger charge is -2.07. The molecule has 0 radical (unpaired) electrons. The molecule has 0 spiro atoms. The van der Waals surface area contributed by atoms with Gasteiger partial charge in [-0.15, -0.1) is 11.3 Å². The van der Waals surface area contributed by atoms with Crippen LogP contribution in [0.3, 0.4) is 0 Å². The molecule has 0 bridgehead atoms. The van der Waals surface area contributed by atoms with E-state index in [1.807, 2.05) is 6.92 Å². The van der Waals surface area contributed by atoms with Crippen LogP contribution in [-0.2, 0) is 13.5 Å². The highest BCUT2D eigenvalue weighted by atomic mass is 32.1. The number of hydrogen-bond acceptors (Lipinski definition) is 5. The minimum atomic E-state index is -0.389. The van der Waals surface area contributed by atoms with Gasteiger partial charge in [0.2, 0.25) is 0 Å². The van der Waals surface area contributed by atoms with E-state index in [-0.39, 0.29) is 17.2 Å². The van der Waals surface area contributed by atoms with Crippen LogP contribution in [0.1, 0.15) is 34.3 Å². The van der Waals surface area contributed by atoms with E-state index in [1.54, 1.807) is 31.3 Å². The first-order valence-corrected chi connectivity index (χ1v) is 10.6. The molecule has 2 aromatic carbocycles. The third-order valence-corrected chi connectivity index (χ3v) is 5.84. The number of rotatable bonds is 5. The van der Waals surface area contributed by atoms with E-state index in [2.05, 4.69) is 46.6 Å². The number of thiazole rings is 1. The minimum Gasteiger partial charge on any atom is -0.296 e. The van der Waals surface area contributed by atoms with E-state index in [0.717, 1.165) is 29.0 Å². The molecule has 2 aromatic heterocycles. The highest BCUT2D eigenvalue weighted by Gasteiger charge is 2.18. The van der Waals surface area contributed by atoms with Crippen molar-refractivity contribution in [1.82, 2.24) is 14.8 Å². The summed E-state index contributed by atoms with van der Waals surface area (Å²) < 4.78 is 1.19. The van der Waals surface area contributed by atoms with Crippen LogP contribution in [0.15, 0.2) is 53.3 Å². The summed E-state index contributed by atoms with van der Waals surface area (Å²) >= 11 is 1.42. The van der Waals surface area contributed by atoms with Crippen LogP contribution in [0.5, 0.6) is 0 Å². The van der Waals surface area contributed by atoms with Gasteiger partial charge in [-0.3, -0.25) is 14.9 Å². The van der Waals surface area contributed by atoms with Crippen molar-refractivity contribution >= 4 is 33.1 Å². The second-order valence-electron chi connectivity index (χ2n) is 7.15. The Balaban J connectivity index is 1.64. The summed E-state index contributed by atoms with van der Waals surface area (Å²) in [6.45, 7) is 4.15. The normalized spacial score (nSPS) is 11.0. The Bertz CT molecular complexity index is 1290. The lowest BCUT2D eigenvalue weighted by atomic mass is 10.1. The lowest BCUT2D eigenvalue weighted by molar-refractivity contribution is 0.102. The van der Waals surface area contributed by atoms with Gasteiger partial charge < -0.3 is 0 Å². The van der Waals surface area contributed by atoms with Crippen LogP contribution < -0.4 is 10.9 Å². The molecule has 0 saturated carbocycles. The van der Waals surface area contributed by atoms with Crippen molar-refractivity contribution in [3.05, 3.63) is 75.0 Å². The maximum Gasteiger partial charge on any atom is 0.278 e. The molecule has 4 rings (SSSR count). The summed E-state index contributed by atoms with van der Waals surface area (Å²) in [5, 5.41) is 8.52. The van der Waals surface area contributed by atoms with Crippen molar-refractivity contribution in [2.24, 2.45) is 7.05 Å². The van der Waals surface area contributed by atoms with Crippen molar-refractivity contribution in [1.29, 1.82) is 0 Å². The molecular weight excluding hydrogens is 396 g/mol. The zero-order valence-electron chi connectivity index (χ0n) is 17.1. The van der Waals surface area contributed by atoms with Crippen LogP contribution in [0.25, 0.3) is 22.0 Å². The SMILES string of the molecule is CCCc1ccc(-c2nc(NC(=O)c3nn(C)c(=O)c4ccccc34)sc2C)cc1. The second-order valence-corrected chi connectivity index (χ2v) is 8.35. The lowest BCUT2D eigenvalue weighted by Crippen LogP contribution is -2.25. The first-order chi connectivity index (χ1) is 14.5. The Hall–Kier alpha value is -3.32. The molecule has 4 aromatic rings.